The fraction of sp³-hybridized carbons (Fsp3) is 0.286. The number of nitrogens with zero attached hydrogens (tertiary/aromatic N) is 2. The zero-order chi connectivity index (χ0) is 27.0. The third-order valence-corrected chi connectivity index (χ3v) is 7.48. The van der Waals surface area contributed by atoms with Crippen LogP contribution in [0.1, 0.15) is 23.6 Å². The molecular formula is C28H32ClN3O4S. The average molecular weight is 542 g/mol. The molecule has 0 fully saturated rings. The molecule has 37 heavy (non-hydrogen) atoms. The van der Waals surface area contributed by atoms with Crippen molar-refractivity contribution in [3.63, 3.8) is 0 Å². The number of carbonyl (C=O) groups is 2. The second-order valence-corrected chi connectivity index (χ2v) is 11.1. The number of halogens is 1. The van der Waals surface area contributed by atoms with Gasteiger partial charge in [-0.3, -0.25) is 13.9 Å². The van der Waals surface area contributed by atoms with Crippen molar-refractivity contribution < 1.29 is 18.0 Å². The smallest absolute Gasteiger partial charge is 0.244 e. The summed E-state index contributed by atoms with van der Waals surface area (Å²) in [6.07, 6.45) is 1.94. The Kier molecular flexibility index (Phi) is 9.72. The van der Waals surface area contributed by atoms with E-state index in [4.69, 9.17) is 11.6 Å². The number of aryl methyl sites for hydroxylation is 1. The number of nitrogens with one attached hydrogen (secondary N) is 1. The predicted molar refractivity (Wildman–Crippen MR) is 148 cm³/mol. The number of hydrogen-bond donors (Lipinski definition) is 1. The van der Waals surface area contributed by atoms with Gasteiger partial charge in [-0.25, -0.2) is 8.42 Å². The van der Waals surface area contributed by atoms with Crippen LogP contribution in [0.25, 0.3) is 0 Å². The quantitative estimate of drug-likeness (QED) is 0.397. The number of hydrogen-bond acceptors (Lipinski definition) is 4. The fourth-order valence-electron chi connectivity index (χ4n) is 4.15. The minimum absolute atomic E-state index is 0.105. The number of rotatable bonds is 11. The van der Waals surface area contributed by atoms with Crippen LogP contribution >= 0.6 is 11.6 Å². The van der Waals surface area contributed by atoms with Gasteiger partial charge in [-0.1, -0.05) is 79.2 Å². The van der Waals surface area contributed by atoms with Crippen LogP contribution in [0.5, 0.6) is 0 Å². The molecule has 196 valence electrons. The van der Waals surface area contributed by atoms with Gasteiger partial charge in [0.05, 0.1) is 11.9 Å². The topological polar surface area (TPSA) is 86.8 Å². The van der Waals surface area contributed by atoms with Gasteiger partial charge in [-0.15, -0.1) is 0 Å². The first-order valence-corrected chi connectivity index (χ1v) is 14.2. The van der Waals surface area contributed by atoms with E-state index < -0.39 is 28.5 Å². The molecule has 0 aromatic heterocycles. The summed E-state index contributed by atoms with van der Waals surface area (Å²) in [6.45, 7) is 1.59. The van der Waals surface area contributed by atoms with Crippen molar-refractivity contribution in [3.05, 3.63) is 101 Å². The van der Waals surface area contributed by atoms with Crippen LogP contribution in [0.15, 0.2) is 78.9 Å². The Hall–Kier alpha value is -3.36. The number of anilines is 1. The number of para-hydroxylation sites is 1. The summed E-state index contributed by atoms with van der Waals surface area (Å²) in [4.78, 5) is 28.5. The van der Waals surface area contributed by atoms with E-state index in [1.54, 1.807) is 36.4 Å². The maximum Gasteiger partial charge on any atom is 0.244 e. The number of amides is 2. The lowest BCUT2D eigenvalue weighted by Crippen LogP contribution is -2.53. The van der Waals surface area contributed by atoms with Gasteiger partial charge in [0.15, 0.2) is 0 Å². The summed E-state index contributed by atoms with van der Waals surface area (Å²) in [6, 6.07) is 22.6. The molecule has 3 aromatic carbocycles. The molecule has 7 nitrogen and oxygen atoms in total. The summed E-state index contributed by atoms with van der Waals surface area (Å²) < 4.78 is 26.8. The first-order valence-electron chi connectivity index (χ1n) is 12.0. The zero-order valence-corrected chi connectivity index (χ0v) is 22.8. The van der Waals surface area contributed by atoms with Crippen LogP contribution in [-0.2, 0) is 39.0 Å². The second-order valence-electron chi connectivity index (χ2n) is 8.72. The van der Waals surface area contributed by atoms with Gasteiger partial charge < -0.3 is 10.2 Å². The van der Waals surface area contributed by atoms with Crippen LogP contribution in [0.4, 0.5) is 5.69 Å². The summed E-state index contributed by atoms with van der Waals surface area (Å²) in [5.74, 6) is -0.832. The molecule has 1 atom stereocenters. The monoisotopic (exact) mass is 541 g/mol. The van der Waals surface area contributed by atoms with Crippen LogP contribution in [0.2, 0.25) is 5.02 Å². The molecule has 9 heteroatoms. The van der Waals surface area contributed by atoms with Crippen LogP contribution in [-0.4, -0.2) is 51.0 Å². The highest BCUT2D eigenvalue weighted by Crippen LogP contribution is 2.24. The Morgan fingerprint density at radius 3 is 2.14 bits per heavy atom. The Balaban J connectivity index is 2.04. The molecule has 2 amide bonds. The van der Waals surface area contributed by atoms with Crippen LogP contribution in [0.3, 0.4) is 0 Å². The molecule has 0 radical (unpaired) electrons. The SMILES string of the molecule is CCc1ccccc1N(CC(=O)N(Cc1ccc(Cl)cc1)[C@@H](Cc1ccccc1)C(=O)NC)S(C)(=O)=O. The van der Waals surface area contributed by atoms with Gasteiger partial charge in [-0.05, 0) is 41.3 Å². The van der Waals surface area contributed by atoms with E-state index in [-0.39, 0.29) is 18.9 Å². The lowest BCUT2D eigenvalue weighted by Gasteiger charge is -2.33. The standard InChI is InChI=1S/C28H32ClN3O4S/c1-4-23-12-8-9-13-25(23)32(37(3,35)36)20-27(33)31(19-22-14-16-24(29)17-15-22)26(28(34)30-2)18-21-10-6-5-7-11-21/h5-17,26H,4,18-20H2,1-3H3,(H,30,34)/t26-/m0/s1. The van der Waals surface area contributed by atoms with E-state index in [2.05, 4.69) is 5.32 Å². The lowest BCUT2D eigenvalue weighted by molar-refractivity contribution is -0.139. The Bertz CT molecular complexity index is 1310. The van der Waals surface area contributed by atoms with Crippen LogP contribution in [0, 0.1) is 0 Å². The second kappa shape index (κ2) is 12.7. The third kappa shape index (κ3) is 7.57. The van der Waals surface area contributed by atoms with Crippen molar-refractivity contribution in [2.45, 2.75) is 32.4 Å². The van der Waals surface area contributed by atoms with Crippen molar-refractivity contribution in [2.75, 3.05) is 24.2 Å². The Labute approximate surface area is 224 Å². The molecule has 0 aliphatic heterocycles. The highest BCUT2D eigenvalue weighted by Gasteiger charge is 2.33. The van der Waals surface area contributed by atoms with Crippen molar-refractivity contribution in [2.24, 2.45) is 0 Å². The minimum atomic E-state index is -3.80. The maximum atomic E-state index is 13.9. The van der Waals surface area contributed by atoms with Gasteiger partial charge >= 0.3 is 0 Å². The average Bonchev–Trinajstić information content (AvgIpc) is 2.89. The summed E-state index contributed by atoms with van der Waals surface area (Å²) in [7, 11) is -2.28. The van der Waals surface area contributed by atoms with Gasteiger partial charge in [0.25, 0.3) is 0 Å². The van der Waals surface area contributed by atoms with E-state index >= 15 is 0 Å². The van der Waals surface area contributed by atoms with Gasteiger partial charge in [0.2, 0.25) is 21.8 Å². The molecule has 0 bridgehead atoms. The van der Waals surface area contributed by atoms with E-state index in [1.807, 2.05) is 49.4 Å². The lowest BCUT2D eigenvalue weighted by atomic mass is 10.0. The van der Waals surface area contributed by atoms with Crippen molar-refractivity contribution in [1.82, 2.24) is 10.2 Å². The molecule has 0 saturated heterocycles. The van der Waals surface area contributed by atoms with E-state index in [1.165, 1.54) is 11.9 Å². The number of carbonyl (C=O) groups excluding carboxylic acids is 2. The molecule has 3 rings (SSSR count). The molecule has 3 aromatic rings. The molecule has 0 spiro atoms. The Morgan fingerprint density at radius 2 is 1.54 bits per heavy atom. The molecule has 0 heterocycles. The molecule has 0 aliphatic rings. The largest absolute Gasteiger partial charge is 0.357 e. The highest BCUT2D eigenvalue weighted by atomic mass is 35.5. The van der Waals surface area contributed by atoms with E-state index in [0.717, 1.165) is 27.3 Å². The maximum absolute atomic E-state index is 13.9. The zero-order valence-electron chi connectivity index (χ0n) is 21.2. The number of sulfonamides is 1. The van der Waals surface area contributed by atoms with E-state index in [9.17, 15) is 18.0 Å². The minimum Gasteiger partial charge on any atom is -0.357 e. The third-order valence-electron chi connectivity index (χ3n) is 6.10. The predicted octanol–water partition coefficient (Wildman–Crippen LogP) is 4.05. The van der Waals surface area contributed by atoms with Crippen molar-refractivity contribution in [1.29, 1.82) is 0 Å². The number of likely N-dealkylation sites (N-methyl/N-ethyl adjacent to an activating group) is 1. The first kappa shape index (κ1) is 28.2. The summed E-state index contributed by atoms with van der Waals surface area (Å²) >= 11 is 6.05. The fourth-order valence-corrected chi connectivity index (χ4v) is 5.16. The normalized spacial score (nSPS) is 12.0. The summed E-state index contributed by atoms with van der Waals surface area (Å²) in [5, 5.41) is 3.21. The molecular weight excluding hydrogens is 510 g/mol. The van der Waals surface area contributed by atoms with E-state index in [0.29, 0.717) is 17.1 Å². The molecule has 0 unspecified atom stereocenters. The highest BCUT2D eigenvalue weighted by molar-refractivity contribution is 7.92. The van der Waals surface area contributed by atoms with Gasteiger partial charge in [0, 0.05) is 25.0 Å². The van der Waals surface area contributed by atoms with Crippen molar-refractivity contribution in [3.8, 4) is 0 Å². The first-order chi connectivity index (χ1) is 17.6. The molecule has 0 saturated carbocycles. The van der Waals surface area contributed by atoms with Gasteiger partial charge in [-0.2, -0.15) is 0 Å². The van der Waals surface area contributed by atoms with Gasteiger partial charge in [0.1, 0.15) is 12.6 Å². The Morgan fingerprint density at radius 1 is 0.919 bits per heavy atom. The molecule has 0 aliphatic carbocycles. The van der Waals surface area contributed by atoms with Crippen molar-refractivity contribution >= 4 is 39.1 Å². The molecule has 1 N–H and O–H groups in total. The summed E-state index contributed by atoms with van der Waals surface area (Å²) in [5.41, 5.74) is 2.89. The van der Waals surface area contributed by atoms with Crippen LogP contribution < -0.4 is 9.62 Å². The number of benzene rings is 3.